The van der Waals surface area contributed by atoms with Gasteiger partial charge in [-0.25, -0.2) is 0 Å². The van der Waals surface area contributed by atoms with E-state index in [4.69, 9.17) is 0 Å². The van der Waals surface area contributed by atoms with Crippen LogP contribution < -0.4 is 0 Å². The molecule has 84 valence electrons. The summed E-state index contributed by atoms with van der Waals surface area (Å²) in [6, 6.07) is 0.524. The largest absolute Gasteiger partial charge is 0.336 e. The Bertz CT molecular complexity index is 243. The number of rotatable bonds is 2. The molecule has 1 aliphatic carbocycles. The zero-order valence-corrected chi connectivity index (χ0v) is 9.45. The van der Waals surface area contributed by atoms with Crippen molar-refractivity contribution in [3.63, 3.8) is 0 Å². The van der Waals surface area contributed by atoms with E-state index in [1.165, 1.54) is 51.0 Å². The Balaban J connectivity index is 1.99. The van der Waals surface area contributed by atoms with E-state index in [-0.39, 0.29) is 5.91 Å². The maximum atomic E-state index is 11.7. The number of amides is 1. The Hall–Kier alpha value is -0.790. The molecule has 1 saturated carbocycles. The fraction of sp³-hybridized carbons (Fsp3) is 0.769. The van der Waals surface area contributed by atoms with Gasteiger partial charge in [0, 0.05) is 12.6 Å². The van der Waals surface area contributed by atoms with E-state index in [9.17, 15) is 4.79 Å². The third-order valence-electron chi connectivity index (χ3n) is 3.95. The number of likely N-dealkylation sites (tertiary alicyclic amines) is 1. The van der Waals surface area contributed by atoms with E-state index in [2.05, 4.69) is 11.5 Å². The molecule has 1 aliphatic heterocycles. The summed E-state index contributed by atoms with van der Waals surface area (Å²) in [6.45, 7) is 4.54. The van der Waals surface area contributed by atoms with Crippen LogP contribution in [-0.4, -0.2) is 23.4 Å². The second kappa shape index (κ2) is 4.82. The standard InChI is InChI=1S/C13H21NO/c1-2-13(15)14-10-6-9-12(14)11-7-4-3-5-8-11/h2,11-12H,1,3-10H2. The van der Waals surface area contributed by atoms with Crippen molar-refractivity contribution in [2.24, 2.45) is 5.92 Å². The Labute approximate surface area is 92.3 Å². The molecule has 1 amide bonds. The molecule has 2 fully saturated rings. The lowest BCUT2D eigenvalue weighted by molar-refractivity contribution is -0.127. The Morgan fingerprint density at radius 3 is 2.53 bits per heavy atom. The molecule has 2 nitrogen and oxygen atoms in total. The molecule has 0 bridgehead atoms. The van der Waals surface area contributed by atoms with Crippen LogP contribution in [0.1, 0.15) is 44.9 Å². The van der Waals surface area contributed by atoms with Gasteiger partial charge in [0.05, 0.1) is 0 Å². The Morgan fingerprint density at radius 1 is 1.13 bits per heavy atom. The molecule has 1 heterocycles. The second-order valence-electron chi connectivity index (χ2n) is 4.84. The number of nitrogens with zero attached hydrogens (tertiary/aromatic N) is 1. The molecular weight excluding hydrogens is 186 g/mol. The van der Waals surface area contributed by atoms with Gasteiger partial charge in [-0.2, -0.15) is 0 Å². The number of hydrogen-bond donors (Lipinski definition) is 0. The average Bonchev–Trinajstić information content (AvgIpc) is 2.78. The topological polar surface area (TPSA) is 20.3 Å². The van der Waals surface area contributed by atoms with Gasteiger partial charge in [0.2, 0.25) is 5.91 Å². The number of carbonyl (C=O) groups excluding carboxylic acids is 1. The molecule has 1 unspecified atom stereocenters. The smallest absolute Gasteiger partial charge is 0.246 e. The van der Waals surface area contributed by atoms with E-state index in [1.807, 2.05) is 0 Å². The fourth-order valence-electron chi connectivity index (χ4n) is 3.19. The minimum absolute atomic E-state index is 0.142. The summed E-state index contributed by atoms with van der Waals surface area (Å²) in [5, 5.41) is 0. The van der Waals surface area contributed by atoms with Crippen LogP contribution in [0.15, 0.2) is 12.7 Å². The minimum atomic E-state index is 0.142. The molecule has 15 heavy (non-hydrogen) atoms. The summed E-state index contributed by atoms with van der Waals surface area (Å²) < 4.78 is 0. The first-order valence-electron chi connectivity index (χ1n) is 6.26. The van der Waals surface area contributed by atoms with Gasteiger partial charge in [0.25, 0.3) is 0 Å². The molecule has 2 rings (SSSR count). The van der Waals surface area contributed by atoms with Gasteiger partial charge in [-0.1, -0.05) is 25.8 Å². The van der Waals surface area contributed by atoms with Gasteiger partial charge in [-0.05, 0) is 37.7 Å². The highest BCUT2D eigenvalue weighted by Gasteiger charge is 2.33. The van der Waals surface area contributed by atoms with Gasteiger partial charge in [-0.15, -0.1) is 0 Å². The molecule has 0 aromatic heterocycles. The van der Waals surface area contributed by atoms with Crippen LogP contribution in [0, 0.1) is 5.92 Å². The number of hydrogen-bond acceptors (Lipinski definition) is 1. The van der Waals surface area contributed by atoms with Crippen molar-refractivity contribution in [2.45, 2.75) is 51.0 Å². The van der Waals surface area contributed by atoms with Gasteiger partial charge in [0.15, 0.2) is 0 Å². The van der Waals surface area contributed by atoms with Crippen LogP contribution >= 0.6 is 0 Å². The highest BCUT2D eigenvalue weighted by Crippen LogP contribution is 2.34. The lowest BCUT2D eigenvalue weighted by Gasteiger charge is -2.33. The minimum Gasteiger partial charge on any atom is -0.336 e. The summed E-state index contributed by atoms with van der Waals surface area (Å²) >= 11 is 0. The molecule has 0 aromatic carbocycles. The first-order valence-corrected chi connectivity index (χ1v) is 6.26. The first kappa shape index (κ1) is 10.7. The summed E-state index contributed by atoms with van der Waals surface area (Å²) in [7, 11) is 0. The van der Waals surface area contributed by atoms with Gasteiger partial charge in [-0.3, -0.25) is 4.79 Å². The lowest BCUT2D eigenvalue weighted by atomic mass is 9.83. The maximum Gasteiger partial charge on any atom is 0.246 e. The Morgan fingerprint density at radius 2 is 1.87 bits per heavy atom. The van der Waals surface area contributed by atoms with Crippen LogP contribution in [0.25, 0.3) is 0 Å². The lowest BCUT2D eigenvalue weighted by Crippen LogP contribution is -2.39. The van der Waals surface area contributed by atoms with Crippen LogP contribution in [0.3, 0.4) is 0 Å². The van der Waals surface area contributed by atoms with E-state index < -0.39 is 0 Å². The van der Waals surface area contributed by atoms with Crippen molar-refractivity contribution in [1.29, 1.82) is 0 Å². The second-order valence-corrected chi connectivity index (χ2v) is 4.84. The molecular formula is C13H21NO. The van der Waals surface area contributed by atoms with E-state index in [0.717, 1.165) is 12.5 Å². The zero-order chi connectivity index (χ0) is 10.7. The molecule has 2 heteroatoms. The molecule has 1 atom stereocenters. The van der Waals surface area contributed by atoms with Crippen LogP contribution in [0.5, 0.6) is 0 Å². The number of carbonyl (C=O) groups is 1. The summed E-state index contributed by atoms with van der Waals surface area (Å²) in [5.74, 6) is 0.910. The molecule has 0 radical (unpaired) electrons. The van der Waals surface area contributed by atoms with Crippen molar-refractivity contribution < 1.29 is 4.79 Å². The molecule has 0 aromatic rings. The summed E-state index contributed by atoms with van der Waals surface area (Å²) in [5.41, 5.74) is 0. The Kier molecular flexibility index (Phi) is 3.45. The van der Waals surface area contributed by atoms with E-state index in [0.29, 0.717) is 6.04 Å². The fourth-order valence-corrected chi connectivity index (χ4v) is 3.19. The van der Waals surface area contributed by atoms with Crippen LogP contribution in [0.4, 0.5) is 0 Å². The molecule has 1 saturated heterocycles. The molecule has 0 N–H and O–H groups in total. The maximum absolute atomic E-state index is 11.7. The summed E-state index contributed by atoms with van der Waals surface area (Å²) in [4.78, 5) is 13.7. The first-order chi connectivity index (χ1) is 7.33. The van der Waals surface area contributed by atoms with E-state index >= 15 is 0 Å². The van der Waals surface area contributed by atoms with Crippen molar-refractivity contribution in [2.75, 3.05) is 6.54 Å². The van der Waals surface area contributed by atoms with Crippen molar-refractivity contribution >= 4 is 5.91 Å². The van der Waals surface area contributed by atoms with Gasteiger partial charge < -0.3 is 4.90 Å². The van der Waals surface area contributed by atoms with Crippen molar-refractivity contribution in [1.82, 2.24) is 4.90 Å². The van der Waals surface area contributed by atoms with Gasteiger partial charge >= 0.3 is 0 Å². The molecule has 0 spiro atoms. The van der Waals surface area contributed by atoms with E-state index in [1.54, 1.807) is 0 Å². The SMILES string of the molecule is C=CC(=O)N1CCCC1C1CCCCC1. The van der Waals surface area contributed by atoms with Crippen LogP contribution in [-0.2, 0) is 4.79 Å². The predicted molar refractivity (Wildman–Crippen MR) is 61.5 cm³/mol. The third-order valence-corrected chi connectivity index (χ3v) is 3.95. The van der Waals surface area contributed by atoms with Crippen molar-refractivity contribution in [3.8, 4) is 0 Å². The normalized spacial score (nSPS) is 28.0. The highest BCUT2D eigenvalue weighted by molar-refractivity contribution is 5.87. The zero-order valence-electron chi connectivity index (χ0n) is 9.45. The third kappa shape index (κ3) is 2.24. The molecule has 2 aliphatic rings. The average molecular weight is 207 g/mol. The quantitative estimate of drug-likeness (QED) is 0.638. The monoisotopic (exact) mass is 207 g/mol. The summed E-state index contributed by atoms with van der Waals surface area (Å²) in [6.07, 6.45) is 10.6. The predicted octanol–water partition coefficient (Wildman–Crippen LogP) is 2.74. The van der Waals surface area contributed by atoms with Gasteiger partial charge in [0.1, 0.15) is 0 Å². The highest BCUT2D eigenvalue weighted by atomic mass is 16.2. The van der Waals surface area contributed by atoms with Crippen LogP contribution in [0.2, 0.25) is 0 Å². The van der Waals surface area contributed by atoms with Crippen molar-refractivity contribution in [3.05, 3.63) is 12.7 Å².